The first-order chi connectivity index (χ1) is 15.5. The molecule has 168 valence electrons. The smallest absolute Gasteiger partial charge is 0.0691 e. The van der Waals surface area contributed by atoms with Crippen molar-refractivity contribution in [3.05, 3.63) is 91.1 Å². The number of hydrogen-bond acceptors (Lipinski definition) is 5. The molecular weight excluding hydrogens is 424 g/mol. The molecule has 33 heavy (non-hydrogen) atoms. The lowest BCUT2D eigenvalue weighted by Gasteiger charge is -2.21. The van der Waals surface area contributed by atoms with Crippen LogP contribution in [0.5, 0.6) is 0 Å². The summed E-state index contributed by atoms with van der Waals surface area (Å²) in [5.74, 6) is 0. The molecule has 0 aromatic rings. The number of rotatable bonds is 0. The third-order valence-corrected chi connectivity index (χ3v) is 8.41. The summed E-state index contributed by atoms with van der Waals surface area (Å²) in [4.78, 5) is 16.0. The van der Waals surface area contributed by atoms with Gasteiger partial charge in [0.05, 0.1) is 39.9 Å². The fourth-order valence-electron chi connectivity index (χ4n) is 4.57. The van der Waals surface area contributed by atoms with Crippen molar-refractivity contribution in [1.82, 2.24) is 5.32 Å². The molecule has 0 atom stereocenters. The lowest BCUT2D eigenvalue weighted by Crippen LogP contribution is -2.18. The normalized spacial score (nSPS) is 24.0. The van der Waals surface area contributed by atoms with Crippen LogP contribution in [0.25, 0.3) is 0 Å². The minimum atomic E-state index is -0.244. The summed E-state index contributed by atoms with van der Waals surface area (Å²) in [7, 11) is 0. The van der Waals surface area contributed by atoms with Gasteiger partial charge in [-0.05, 0) is 113 Å². The van der Waals surface area contributed by atoms with E-state index in [-0.39, 0.29) is 5.41 Å². The maximum Gasteiger partial charge on any atom is 0.0691 e. The van der Waals surface area contributed by atoms with E-state index in [1.807, 2.05) is 0 Å². The highest BCUT2D eigenvalue weighted by Crippen LogP contribution is 2.44. The molecule has 0 unspecified atom stereocenters. The maximum atomic E-state index is 5.00. The van der Waals surface area contributed by atoms with Crippen molar-refractivity contribution in [3.63, 3.8) is 0 Å². The van der Waals surface area contributed by atoms with Gasteiger partial charge in [-0.25, -0.2) is 15.0 Å². The second kappa shape index (κ2) is 7.29. The van der Waals surface area contributed by atoms with Gasteiger partial charge in [-0.2, -0.15) is 0 Å². The lowest BCUT2D eigenvalue weighted by molar-refractivity contribution is 0.572. The molecule has 5 aliphatic rings. The quantitative estimate of drug-likeness (QED) is 0.394. The molecule has 1 N–H and O–H groups in total. The highest BCUT2D eigenvalue weighted by molar-refractivity contribution is 7.84. The standard InChI is InChI=1S/C28H30N4S/c1-13-14(2)20-10-22-17(5)18(6)24(31-22)12-26-28(7,8)27(33)25(32-26)11-23-16(4)15(3)21(30-23)9-19(13)29-20/h9-12,32-33H,1-8H3. The molecule has 0 aliphatic carbocycles. The van der Waals surface area contributed by atoms with Crippen LogP contribution < -0.4 is 5.32 Å². The number of nitrogens with zero attached hydrogens (tertiary/aromatic N) is 3. The first kappa shape index (κ1) is 21.9. The van der Waals surface area contributed by atoms with E-state index in [0.29, 0.717) is 0 Å². The van der Waals surface area contributed by atoms with Crippen molar-refractivity contribution in [2.45, 2.75) is 55.4 Å². The fraction of sp³-hybridized carbons (Fsp3) is 0.321. The predicted octanol–water partition coefficient (Wildman–Crippen LogP) is 6.68. The predicted molar refractivity (Wildman–Crippen MR) is 143 cm³/mol. The first-order valence-corrected chi connectivity index (χ1v) is 11.8. The van der Waals surface area contributed by atoms with E-state index in [0.717, 1.165) is 50.5 Å². The van der Waals surface area contributed by atoms with Crippen LogP contribution in [0.4, 0.5) is 0 Å². The van der Waals surface area contributed by atoms with Crippen LogP contribution in [-0.4, -0.2) is 17.1 Å². The molecule has 0 amide bonds. The van der Waals surface area contributed by atoms with E-state index in [4.69, 9.17) is 27.6 Å². The van der Waals surface area contributed by atoms with Gasteiger partial charge in [0.25, 0.3) is 0 Å². The summed E-state index contributed by atoms with van der Waals surface area (Å²) in [6.45, 7) is 17.2. The Labute approximate surface area is 201 Å². The van der Waals surface area contributed by atoms with Crippen LogP contribution in [-0.2, 0) is 0 Å². The monoisotopic (exact) mass is 454 g/mol. The second-order valence-electron chi connectivity index (χ2n) is 9.90. The van der Waals surface area contributed by atoms with Gasteiger partial charge in [-0.15, -0.1) is 12.6 Å². The van der Waals surface area contributed by atoms with E-state index in [1.165, 1.54) is 33.4 Å². The molecule has 5 rings (SSSR count). The number of aliphatic imine (C=N–C) groups is 3. The summed E-state index contributed by atoms with van der Waals surface area (Å²) >= 11 is 4.92. The van der Waals surface area contributed by atoms with E-state index in [9.17, 15) is 0 Å². The highest BCUT2D eigenvalue weighted by atomic mass is 32.1. The Kier molecular flexibility index (Phi) is 4.84. The van der Waals surface area contributed by atoms with Crippen molar-refractivity contribution >= 4 is 29.8 Å². The van der Waals surface area contributed by atoms with Gasteiger partial charge in [-0.3, -0.25) is 0 Å². The topological polar surface area (TPSA) is 49.1 Å². The average Bonchev–Trinajstić information content (AvgIpc) is 3.36. The Bertz CT molecular complexity index is 1390. The maximum absolute atomic E-state index is 5.00. The van der Waals surface area contributed by atoms with Crippen LogP contribution in [0.1, 0.15) is 55.4 Å². The number of thiol groups is 1. The Hall–Kier alpha value is -2.92. The largest absolute Gasteiger partial charge is 0.357 e. The lowest BCUT2D eigenvalue weighted by atomic mass is 9.89. The molecule has 4 nitrogen and oxygen atoms in total. The molecule has 0 fully saturated rings. The van der Waals surface area contributed by atoms with Gasteiger partial charge in [0.15, 0.2) is 0 Å². The summed E-state index contributed by atoms with van der Waals surface area (Å²) in [6.07, 6.45) is 8.52. The van der Waals surface area contributed by atoms with Crippen molar-refractivity contribution in [2.75, 3.05) is 0 Å². The van der Waals surface area contributed by atoms with Crippen molar-refractivity contribution in [1.29, 1.82) is 0 Å². The highest BCUT2D eigenvalue weighted by Gasteiger charge is 2.36. The van der Waals surface area contributed by atoms with Crippen LogP contribution >= 0.6 is 12.6 Å². The summed E-state index contributed by atoms with van der Waals surface area (Å²) in [5.41, 5.74) is 14.8. The first-order valence-electron chi connectivity index (χ1n) is 11.4. The van der Waals surface area contributed by atoms with Gasteiger partial charge < -0.3 is 5.32 Å². The van der Waals surface area contributed by atoms with Crippen LogP contribution in [0.15, 0.2) is 106 Å². The Morgan fingerprint density at radius 2 is 1.00 bits per heavy atom. The third-order valence-electron chi connectivity index (χ3n) is 7.61. The molecule has 0 radical (unpaired) electrons. The van der Waals surface area contributed by atoms with Crippen LogP contribution in [0.2, 0.25) is 0 Å². The minimum Gasteiger partial charge on any atom is -0.357 e. The minimum absolute atomic E-state index is 0.244. The molecule has 0 saturated heterocycles. The molecule has 0 aromatic heterocycles. The Balaban J connectivity index is 1.79. The van der Waals surface area contributed by atoms with Gasteiger partial charge >= 0.3 is 0 Å². The second-order valence-corrected chi connectivity index (χ2v) is 10.3. The van der Waals surface area contributed by atoms with E-state index >= 15 is 0 Å². The van der Waals surface area contributed by atoms with Crippen LogP contribution in [0.3, 0.4) is 0 Å². The van der Waals surface area contributed by atoms with E-state index < -0.39 is 0 Å². The fourth-order valence-corrected chi connectivity index (χ4v) is 4.81. The summed E-state index contributed by atoms with van der Waals surface area (Å²) in [6, 6.07) is 0. The Morgan fingerprint density at radius 3 is 1.45 bits per heavy atom. The van der Waals surface area contributed by atoms with Crippen LogP contribution in [0, 0.1) is 5.41 Å². The number of nitrogens with one attached hydrogen (secondary N) is 1. The molecule has 8 bridgehead atoms. The molecule has 5 aliphatic heterocycles. The average molecular weight is 455 g/mol. The van der Waals surface area contributed by atoms with E-state index in [1.54, 1.807) is 0 Å². The molecule has 5 heterocycles. The summed E-state index contributed by atoms with van der Waals surface area (Å²) < 4.78 is 0. The molecule has 0 saturated carbocycles. The summed E-state index contributed by atoms with van der Waals surface area (Å²) in [5, 5.41) is 3.62. The third kappa shape index (κ3) is 3.24. The number of allylic oxidation sites excluding steroid dienone is 11. The van der Waals surface area contributed by atoms with E-state index in [2.05, 4.69) is 85.0 Å². The number of fused-ring (bicyclic) bond motifs is 5. The molecule has 0 spiro atoms. The van der Waals surface area contributed by atoms with Gasteiger partial charge in [0.1, 0.15) is 0 Å². The SMILES string of the molecule is CC1=C(C)C2=NC1=CC1=NC(=CC3=C(S)C(C)(C)C(=CC4=NC(=C2)C(C)=C4C)N3)C(C)=C1C. The zero-order chi connectivity index (χ0) is 23.8. The van der Waals surface area contributed by atoms with Crippen molar-refractivity contribution in [3.8, 4) is 0 Å². The zero-order valence-corrected chi connectivity index (χ0v) is 21.5. The number of hydrogen-bond donors (Lipinski definition) is 2. The Morgan fingerprint density at radius 1 is 0.606 bits per heavy atom. The molecule has 5 heteroatoms. The van der Waals surface area contributed by atoms with Gasteiger partial charge in [0, 0.05) is 16.0 Å². The van der Waals surface area contributed by atoms with Gasteiger partial charge in [-0.1, -0.05) is 0 Å². The van der Waals surface area contributed by atoms with Gasteiger partial charge in [0.2, 0.25) is 0 Å². The molecule has 0 aromatic carbocycles. The van der Waals surface area contributed by atoms with Crippen molar-refractivity contribution < 1.29 is 0 Å². The zero-order valence-electron chi connectivity index (χ0n) is 20.6. The van der Waals surface area contributed by atoms with Crippen molar-refractivity contribution in [2.24, 2.45) is 20.4 Å². The molecular formula is C28H30N4S.